The average molecular weight is 383 g/mol. The van der Waals surface area contributed by atoms with Crippen molar-refractivity contribution < 1.29 is 13.9 Å². The smallest absolute Gasteiger partial charge is 0.319 e. The molecule has 6 heteroatoms. The molecule has 0 spiro atoms. The lowest BCUT2D eigenvalue weighted by atomic mass is 9.91. The standard InChI is InChI=1S/C22H26FN3O2/c1-28-20-5-2-4-19(15-20)26-22(27)25-12-3-6-21-17(11-13-24-21)14-16-7-9-18(23)10-8-16/h2,4-5,7-10,15,17H,3,6,11-14H2,1H3,(H2,25,26,27). The molecule has 0 fully saturated rings. The van der Waals surface area contributed by atoms with Crippen LogP contribution >= 0.6 is 0 Å². The van der Waals surface area contributed by atoms with Gasteiger partial charge in [-0.15, -0.1) is 0 Å². The van der Waals surface area contributed by atoms with E-state index < -0.39 is 0 Å². The van der Waals surface area contributed by atoms with Crippen LogP contribution in [0.1, 0.15) is 24.8 Å². The first-order valence-corrected chi connectivity index (χ1v) is 9.60. The fourth-order valence-electron chi connectivity index (χ4n) is 3.42. The molecule has 0 saturated carbocycles. The normalized spacial score (nSPS) is 15.8. The molecule has 2 aromatic rings. The van der Waals surface area contributed by atoms with E-state index in [0.717, 1.165) is 37.8 Å². The number of nitrogens with one attached hydrogen (secondary N) is 2. The van der Waals surface area contributed by atoms with Crippen LogP contribution in [0, 0.1) is 11.7 Å². The van der Waals surface area contributed by atoms with Gasteiger partial charge < -0.3 is 15.4 Å². The van der Waals surface area contributed by atoms with Crippen LogP contribution in [0.2, 0.25) is 0 Å². The second-order valence-corrected chi connectivity index (χ2v) is 6.91. The van der Waals surface area contributed by atoms with Gasteiger partial charge in [0.25, 0.3) is 0 Å². The van der Waals surface area contributed by atoms with Crippen molar-refractivity contribution in [3.8, 4) is 5.75 Å². The number of nitrogens with zero attached hydrogens (tertiary/aromatic N) is 1. The van der Waals surface area contributed by atoms with Gasteiger partial charge in [0.15, 0.2) is 0 Å². The number of aliphatic imine (C=N–C) groups is 1. The highest BCUT2D eigenvalue weighted by Gasteiger charge is 2.21. The first-order chi connectivity index (χ1) is 13.6. The second kappa shape index (κ2) is 9.88. The Morgan fingerprint density at radius 3 is 2.86 bits per heavy atom. The minimum Gasteiger partial charge on any atom is -0.497 e. The lowest BCUT2D eigenvalue weighted by Gasteiger charge is -2.14. The zero-order chi connectivity index (χ0) is 19.8. The van der Waals surface area contributed by atoms with Gasteiger partial charge >= 0.3 is 6.03 Å². The number of amides is 2. The molecule has 0 aliphatic carbocycles. The van der Waals surface area contributed by atoms with Crippen molar-refractivity contribution in [1.29, 1.82) is 0 Å². The molecule has 0 bridgehead atoms. The van der Waals surface area contributed by atoms with Crippen LogP contribution in [0.3, 0.4) is 0 Å². The van der Waals surface area contributed by atoms with E-state index in [0.29, 0.717) is 23.9 Å². The molecule has 1 aliphatic rings. The predicted molar refractivity (Wildman–Crippen MR) is 110 cm³/mol. The Balaban J connectivity index is 1.39. The fraction of sp³-hybridized carbons (Fsp3) is 0.364. The van der Waals surface area contributed by atoms with Gasteiger partial charge in [-0.25, -0.2) is 9.18 Å². The molecule has 3 rings (SSSR count). The first kappa shape index (κ1) is 19.9. The molecule has 148 valence electrons. The summed E-state index contributed by atoms with van der Waals surface area (Å²) < 4.78 is 18.2. The van der Waals surface area contributed by atoms with E-state index in [1.807, 2.05) is 30.3 Å². The lowest BCUT2D eigenvalue weighted by molar-refractivity contribution is 0.252. The summed E-state index contributed by atoms with van der Waals surface area (Å²) in [5.41, 5.74) is 3.03. The van der Waals surface area contributed by atoms with Crippen molar-refractivity contribution in [3.63, 3.8) is 0 Å². The Labute approximate surface area is 165 Å². The summed E-state index contributed by atoms with van der Waals surface area (Å²) in [5, 5.41) is 5.68. The molecule has 1 heterocycles. The SMILES string of the molecule is COc1cccc(NC(=O)NCCCC2=NCCC2Cc2ccc(F)cc2)c1. The van der Waals surface area contributed by atoms with Gasteiger partial charge in [-0.2, -0.15) is 0 Å². The van der Waals surface area contributed by atoms with Gasteiger partial charge in [0, 0.05) is 36.5 Å². The minimum atomic E-state index is -0.232. The van der Waals surface area contributed by atoms with Crippen molar-refractivity contribution in [2.45, 2.75) is 25.7 Å². The summed E-state index contributed by atoms with van der Waals surface area (Å²) in [4.78, 5) is 16.7. The van der Waals surface area contributed by atoms with Crippen LogP contribution in [-0.4, -0.2) is 31.9 Å². The molecule has 1 atom stereocenters. The van der Waals surface area contributed by atoms with E-state index in [4.69, 9.17) is 4.74 Å². The highest BCUT2D eigenvalue weighted by Crippen LogP contribution is 2.22. The fourth-order valence-corrected chi connectivity index (χ4v) is 3.42. The number of carbonyl (C=O) groups excluding carboxylic acids is 1. The maximum atomic E-state index is 13.1. The maximum absolute atomic E-state index is 13.1. The molecule has 0 saturated heterocycles. The largest absolute Gasteiger partial charge is 0.497 e. The monoisotopic (exact) mass is 383 g/mol. The quantitative estimate of drug-likeness (QED) is 0.662. The van der Waals surface area contributed by atoms with Crippen LogP contribution in [0.4, 0.5) is 14.9 Å². The van der Waals surface area contributed by atoms with Crippen molar-refractivity contribution >= 4 is 17.4 Å². The van der Waals surface area contributed by atoms with E-state index in [2.05, 4.69) is 15.6 Å². The Bertz CT molecular complexity index is 821. The summed E-state index contributed by atoms with van der Waals surface area (Å²) in [7, 11) is 1.59. The van der Waals surface area contributed by atoms with Gasteiger partial charge in [0.2, 0.25) is 0 Å². The van der Waals surface area contributed by atoms with Gasteiger partial charge in [-0.05, 0) is 55.5 Å². The van der Waals surface area contributed by atoms with Crippen LogP contribution < -0.4 is 15.4 Å². The van der Waals surface area contributed by atoms with Crippen molar-refractivity contribution in [1.82, 2.24) is 5.32 Å². The topological polar surface area (TPSA) is 62.7 Å². The highest BCUT2D eigenvalue weighted by molar-refractivity contribution is 5.90. The molecule has 0 aromatic heterocycles. The number of hydrogen-bond acceptors (Lipinski definition) is 3. The van der Waals surface area contributed by atoms with Gasteiger partial charge in [-0.1, -0.05) is 18.2 Å². The molecule has 1 unspecified atom stereocenters. The van der Waals surface area contributed by atoms with Gasteiger partial charge in [0.1, 0.15) is 11.6 Å². The lowest BCUT2D eigenvalue weighted by Crippen LogP contribution is -2.30. The first-order valence-electron chi connectivity index (χ1n) is 9.60. The van der Waals surface area contributed by atoms with E-state index in [9.17, 15) is 9.18 Å². The van der Waals surface area contributed by atoms with Crippen LogP contribution in [-0.2, 0) is 6.42 Å². The Kier molecular flexibility index (Phi) is 7.00. The third-order valence-corrected chi connectivity index (χ3v) is 4.88. The summed E-state index contributed by atoms with van der Waals surface area (Å²) in [6, 6.07) is 13.7. The minimum absolute atomic E-state index is 0.206. The molecular formula is C22H26FN3O2. The highest BCUT2D eigenvalue weighted by atomic mass is 19.1. The van der Waals surface area contributed by atoms with Crippen LogP contribution in [0.5, 0.6) is 5.75 Å². The molecule has 0 radical (unpaired) electrons. The number of ether oxygens (including phenoxy) is 1. The van der Waals surface area contributed by atoms with Crippen LogP contribution in [0.25, 0.3) is 0 Å². The van der Waals surface area contributed by atoms with E-state index in [1.165, 1.54) is 17.8 Å². The number of anilines is 1. The third-order valence-electron chi connectivity index (χ3n) is 4.88. The number of benzene rings is 2. The van der Waals surface area contributed by atoms with Gasteiger partial charge in [0.05, 0.1) is 7.11 Å². The zero-order valence-corrected chi connectivity index (χ0v) is 16.1. The Morgan fingerprint density at radius 2 is 2.07 bits per heavy atom. The van der Waals surface area contributed by atoms with Crippen molar-refractivity contribution in [2.75, 3.05) is 25.5 Å². The van der Waals surface area contributed by atoms with Crippen LogP contribution in [0.15, 0.2) is 53.5 Å². The number of carbonyl (C=O) groups is 1. The summed E-state index contributed by atoms with van der Waals surface area (Å²) in [6.07, 6.45) is 3.63. The Hall–Kier alpha value is -2.89. The van der Waals surface area contributed by atoms with Gasteiger partial charge in [-0.3, -0.25) is 4.99 Å². The van der Waals surface area contributed by atoms with Crippen molar-refractivity contribution in [2.24, 2.45) is 10.9 Å². The zero-order valence-electron chi connectivity index (χ0n) is 16.1. The average Bonchev–Trinajstić information content (AvgIpc) is 3.14. The summed E-state index contributed by atoms with van der Waals surface area (Å²) >= 11 is 0. The second-order valence-electron chi connectivity index (χ2n) is 6.91. The number of methoxy groups -OCH3 is 1. The third kappa shape index (κ3) is 5.81. The molecule has 28 heavy (non-hydrogen) atoms. The molecule has 5 nitrogen and oxygen atoms in total. The summed E-state index contributed by atoms with van der Waals surface area (Å²) in [6.45, 7) is 1.43. The number of rotatable bonds is 8. The molecular weight excluding hydrogens is 357 g/mol. The molecule has 2 amide bonds. The number of hydrogen-bond donors (Lipinski definition) is 2. The summed E-state index contributed by atoms with van der Waals surface area (Å²) in [5.74, 6) is 0.905. The van der Waals surface area contributed by atoms with E-state index in [-0.39, 0.29) is 11.8 Å². The number of urea groups is 1. The molecule has 2 N–H and O–H groups in total. The predicted octanol–water partition coefficient (Wildman–Crippen LogP) is 4.44. The number of halogens is 1. The van der Waals surface area contributed by atoms with E-state index >= 15 is 0 Å². The van der Waals surface area contributed by atoms with E-state index in [1.54, 1.807) is 13.2 Å². The molecule has 2 aromatic carbocycles. The Morgan fingerprint density at radius 1 is 1.25 bits per heavy atom. The van der Waals surface area contributed by atoms with Crippen molar-refractivity contribution in [3.05, 3.63) is 59.9 Å². The maximum Gasteiger partial charge on any atom is 0.319 e. The molecule has 1 aliphatic heterocycles.